The van der Waals surface area contributed by atoms with Crippen molar-refractivity contribution in [1.29, 1.82) is 0 Å². The average Bonchev–Trinajstić information content (AvgIpc) is 2.80. The fraction of sp³-hybridized carbons (Fsp3) is 0.308. The quantitative estimate of drug-likeness (QED) is 0.573. The zero-order chi connectivity index (χ0) is 21.6. The van der Waals surface area contributed by atoms with E-state index in [4.69, 9.17) is 4.74 Å². The van der Waals surface area contributed by atoms with Crippen molar-refractivity contribution in [2.75, 3.05) is 13.2 Å². The van der Waals surface area contributed by atoms with Crippen LogP contribution in [0.2, 0.25) is 0 Å². The molecule has 0 aromatic heterocycles. The van der Waals surface area contributed by atoms with Gasteiger partial charge in [-0.05, 0) is 53.8 Å². The van der Waals surface area contributed by atoms with Crippen LogP contribution in [0.5, 0.6) is 0 Å². The Morgan fingerprint density at radius 1 is 0.903 bits per heavy atom. The first-order chi connectivity index (χ1) is 15.1. The third-order valence-corrected chi connectivity index (χ3v) is 5.91. The van der Waals surface area contributed by atoms with Crippen LogP contribution < -0.4 is 5.32 Å². The van der Waals surface area contributed by atoms with E-state index in [2.05, 4.69) is 29.6 Å². The summed E-state index contributed by atoms with van der Waals surface area (Å²) in [7, 11) is 0. The van der Waals surface area contributed by atoms with Gasteiger partial charge in [0.25, 0.3) is 0 Å². The van der Waals surface area contributed by atoms with E-state index in [1.165, 1.54) is 35.4 Å². The maximum Gasteiger partial charge on any atom is 0.126 e. The van der Waals surface area contributed by atoms with E-state index in [1.807, 2.05) is 0 Å². The summed E-state index contributed by atoms with van der Waals surface area (Å²) < 4.78 is 32.8. The van der Waals surface area contributed by atoms with E-state index in [1.54, 1.807) is 24.3 Å². The van der Waals surface area contributed by atoms with Gasteiger partial charge in [-0.3, -0.25) is 0 Å². The number of nitrogens with two attached hydrogens (primary N) is 1. The second-order valence-corrected chi connectivity index (χ2v) is 8.14. The number of aliphatic hydroxyl groups is 1. The molecule has 162 valence electrons. The first kappa shape index (κ1) is 21.6. The van der Waals surface area contributed by atoms with E-state index in [0.717, 1.165) is 30.4 Å². The van der Waals surface area contributed by atoms with Gasteiger partial charge in [0.15, 0.2) is 0 Å². The number of aryl methyl sites for hydroxylation is 1. The molecule has 0 bridgehead atoms. The van der Waals surface area contributed by atoms with Crippen LogP contribution in [-0.4, -0.2) is 24.4 Å². The summed E-state index contributed by atoms with van der Waals surface area (Å²) in [6.07, 6.45) is 2.20. The molecule has 0 amide bonds. The molecule has 3 aromatic carbocycles. The number of aliphatic hydroxyl groups excluding tert-OH is 1. The molecule has 0 radical (unpaired) electrons. The zero-order valence-electron chi connectivity index (χ0n) is 17.4. The molecule has 3 aromatic rings. The van der Waals surface area contributed by atoms with Crippen LogP contribution in [0.1, 0.15) is 47.2 Å². The summed E-state index contributed by atoms with van der Waals surface area (Å²) in [5, 5.41) is 12.8. The molecule has 1 aliphatic carbocycles. The Balaban J connectivity index is 1.39. The van der Waals surface area contributed by atoms with Crippen LogP contribution >= 0.6 is 0 Å². The van der Waals surface area contributed by atoms with Crippen LogP contribution in [0.3, 0.4) is 0 Å². The number of fused-ring (bicyclic) bond motifs is 1. The molecule has 3 nitrogen and oxygen atoms in total. The highest BCUT2D eigenvalue weighted by molar-refractivity contribution is 5.31. The maximum atomic E-state index is 13.4. The Morgan fingerprint density at radius 3 is 2.16 bits per heavy atom. The predicted octanol–water partition coefficient (Wildman–Crippen LogP) is 4.07. The predicted molar refractivity (Wildman–Crippen MR) is 116 cm³/mol. The lowest BCUT2D eigenvalue weighted by Gasteiger charge is -2.25. The highest BCUT2D eigenvalue weighted by atomic mass is 19.1. The molecular weight excluding hydrogens is 396 g/mol. The van der Waals surface area contributed by atoms with E-state index in [9.17, 15) is 13.9 Å². The zero-order valence-corrected chi connectivity index (χ0v) is 17.4. The highest BCUT2D eigenvalue weighted by Crippen LogP contribution is 2.28. The van der Waals surface area contributed by atoms with Gasteiger partial charge in [0.1, 0.15) is 36.4 Å². The first-order valence-corrected chi connectivity index (χ1v) is 10.8. The van der Waals surface area contributed by atoms with Gasteiger partial charge in [-0.2, -0.15) is 0 Å². The van der Waals surface area contributed by atoms with Crippen molar-refractivity contribution in [2.45, 2.75) is 37.5 Å². The van der Waals surface area contributed by atoms with Crippen LogP contribution in [0, 0.1) is 11.6 Å². The number of benzene rings is 3. The summed E-state index contributed by atoms with van der Waals surface area (Å²) in [4.78, 5) is 0. The van der Waals surface area contributed by atoms with Crippen molar-refractivity contribution in [3.63, 3.8) is 0 Å². The molecule has 31 heavy (non-hydrogen) atoms. The first-order valence-electron chi connectivity index (χ1n) is 10.8. The SMILES string of the molecule is O[C@H](C[NH2+][C@@H]1CCCc2ccccc21)COC(c1ccc(F)cc1)c1ccc(F)cc1. The molecule has 2 atom stereocenters. The van der Waals surface area contributed by atoms with Gasteiger partial charge < -0.3 is 15.2 Å². The average molecular weight is 425 g/mol. The van der Waals surface area contributed by atoms with Crippen molar-refractivity contribution >= 4 is 0 Å². The topological polar surface area (TPSA) is 46.1 Å². The third kappa shape index (κ3) is 5.56. The normalized spacial score (nSPS) is 16.8. The molecule has 3 N–H and O–H groups in total. The number of ether oxygens (including phenoxy) is 1. The minimum atomic E-state index is -0.655. The van der Waals surface area contributed by atoms with E-state index in [-0.39, 0.29) is 18.2 Å². The van der Waals surface area contributed by atoms with Crippen LogP contribution in [-0.2, 0) is 11.2 Å². The Bertz CT molecular complexity index is 930. The minimum absolute atomic E-state index is 0.129. The van der Waals surface area contributed by atoms with Crippen molar-refractivity contribution in [2.24, 2.45) is 0 Å². The molecule has 0 unspecified atom stereocenters. The molecule has 4 rings (SSSR count). The Kier molecular flexibility index (Phi) is 7.07. The van der Waals surface area contributed by atoms with Crippen molar-refractivity contribution in [3.8, 4) is 0 Å². The number of rotatable bonds is 8. The second-order valence-electron chi connectivity index (χ2n) is 8.14. The largest absolute Gasteiger partial charge is 0.385 e. The lowest BCUT2D eigenvalue weighted by molar-refractivity contribution is -0.703. The lowest BCUT2D eigenvalue weighted by Crippen LogP contribution is -2.87. The molecule has 0 saturated carbocycles. The van der Waals surface area contributed by atoms with Crippen LogP contribution in [0.25, 0.3) is 0 Å². The van der Waals surface area contributed by atoms with E-state index >= 15 is 0 Å². The minimum Gasteiger partial charge on any atom is -0.385 e. The number of hydrogen-bond acceptors (Lipinski definition) is 2. The fourth-order valence-corrected chi connectivity index (χ4v) is 4.29. The maximum absolute atomic E-state index is 13.4. The van der Waals surface area contributed by atoms with Gasteiger partial charge in [0, 0.05) is 12.0 Å². The summed E-state index contributed by atoms with van der Waals surface area (Å²) in [6.45, 7) is 0.656. The van der Waals surface area contributed by atoms with Gasteiger partial charge in [0.2, 0.25) is 0 Å². The molecule has 0 saturated heterocycles. The van der Waals surface area contributed by atoms with Crippen molar-refractivity contribution in [3.05, 3.63) is 107 Å². The number of halogens is 2. The summed E-state index contributed by atoms with van der Waals surface area (Å²) in [5.41, 5.74) is 4.27. The fourth-order valence-electron chi connectivity index (χ4n) is 4.29. The van der Waals surface area contributed by atoms with Crippen LogP contribution in [0.15, 0.2) is 72.8 Å². The van der Waals surface area contributed by atoms with Crippen molar-refractivity contribution < 1.29 is 23.9 Å². The van der Waals surface area contributed by atoms with Gasteiger partial charge in [0.05, 0.1) is 6.61 Å². The molecule has 0 heterocycles. The number of hydrogen-bond donors (Lipinski definition) is 2. The summed E-state index contributed by atoms with van der Waals surface area (Å²) in [6, 6.07) is 21.0. The van der Waals surface area contributed by atoms with Crippen molar-refractivity contribution in [1.82, 2.24) is 0 Å². The standard InChI is InChI=1S/C26H27F2NO2/c27-21-12-8-19(9-13-21)26(20-10-14-22(28)15-11-20)31-17-23(30)16-29-25-7-3-5-18-4-1-2-6-24(18)25/h1-2,4,6,8-15,23,25-26,29-30H,3,5,7,16-17H2/p+1/t23-,25-/m1/s1. The molecule has 5 heteroatoms. The van der Waals surface area contributed by atoms with Gasteiger partial charge >= 0.3 is 0 Å². The number of quaternary nitrogens is 1. The van der Waals surface area contributed by atoms with Gasteiger partial charge in [-0.25, -0.2) is 8.78 Å². The molecular formula is C26H28F2NO2+. The Labute approximate surface area is 181 Å². The molecule has 0 spiro atoms. The molecule has 0 aliphatic heterocycles. The van der Waals surface area contributed by atoms with Gasteiger partial charge in [-0.1, -0.05) is 48.5 Å². The highest BCUT2D eigenvalue weighted by Gasteiger charge is 2.24. The smallest absolute Gasteiger partial charge is 0.126 e. The van der Waals surface area contributed by atoms with E-state index < -0.39 is 12.2 Å². The van der Waals surface area contributed by atoms with Gasteiger partial charge in [-0.15, -0.1) is 0 Å². The second kappa shape index (κ2) is 10.1. The van der Waals surface area contributed by atoms with Crippen LogP contribution in [0.4, 0.5) is 8.78 Å². The summed E-state index contributed by atoms with van der Waals surface area (Å²) in [5.74, 6) is -0.659. The Hall–Kier alpha value is -2.60. The monoisotopic (exact) mass is 424 g/mol. The summed E-state index contributed by atoms with van der Waals surface area (Å²) >= 11 is 0. The molecule has 1 aliphatic rings. The Morgan fingerprint density at radius 2 is 1.52 bits per heavy atom. The van der Waals surface area contributed by atoms with E-state index in [0.29, 0.717) is 12.6 Å². The lowest BCUT2D eigenvalue weighted by atomic mass is 9.88. The third-order valence-electron chi connectivity index (χ3n) is 5.91. The molecule has 0 fully saturated rings.